The van der Waals surface area contributed by atoms with Crippen LogP contribution in [0.4, 0.5) is 0 Å². The first-order valence-corrected chi connectivity index (χ1v) is 11.2. The summed E-state index contributed by atoms with van der Waals surface area (Å²) in [7, 11) is -3.66. The van der Waals surface area contributed by atoms with Gasteiger partial charge in [-0.1, -0.05) is 31.9 Å². The molecular formula is C19H24N2O3S2. The van der Waals surface area contributed by atoms with Gasteiger partial charge in [0.25, 0.3) is 5.91 Å². The van der Waals surface area contributed by atoms with Crippen molar-refractivity contribution in [2.75, 3.05) is 0 Å². The van der Waals surface area contributed by atoms with Gasteiger partial charge in [-0.2, -0.15) is 0 Å². The second-order valence-corrected chi connectivity index (χ2v) is 9.57. The molecule has 0 saturated heterocycles. The summed E-state index contributed by atoms with van der Waals surface area (Å²) in [6, 6.07) is 10.1. The molecule has 1 aromatic heterocycles. The van der Waals surface area contributed by atoms with Crippen molar-refractivity contribution in [1.29, 1.82) is 0 Å². The normalized spacial score (nSPS) is 20.7. The molecular weight excluding hydrogens is 368 g/mol. The molecule has 1 aliphatic rings. The van der Waals surface area contributed by atoms with Crippen LogP contribution in [0, 0.1) is 5.92 Å². The molecule has 1 saturated carbocycles. The van der Waals surface area contributed by atoms with Gasteiger partial charge in [0.1, 0.15) is 0 Å². The molecule has 0 radical (unpaired) electrons. The maximum atomic E-state index is 12.6. The molecule has 0 aliphatic heterocycles. The Morgan fingerprint density at radius 2 is 2.00 bits per heavy atom. The molecule has 7 heteroatoms. The summed E-state index contributed by atoms with van der Waals surface area (Å²) in [6.45, 7) is 2.40. The molecule has 1 aromatic carbocycles. The fraction of sp³-hybridized carbons (Fsp3) is 0.421. The Labute approximate surface area is 158 Å². The summed E-state index contributed by atoms with van der Waals surface area (Å²) in [6.07, 6.45) is 4.42. The van der Waals surface area contributed by atoms with Crippen LogP contribution in [0.2, 0.25) is 0 Å². The smallest absolute Gasteiger partial charge is 0.251 e. The van der Waals surface area contributed by atoms with E-state index in [-0.39, 0.29) is 23.4 Å². The van der Waals surface area contributed by atoms with Crippen LogP contribution in [-0.4, -0.2) is 20.4 Å². The SMILES string of the molecule is C[C@H]1CCCC[C@@H]1NC(=O)c1cccc(S(=O)(=O)NCc2cccs2)c1. The Kier molecular flexibility index (Phi) is 6.11. The standard InChI is InChI=1S/C19H24N2O3S2/c1-14-6-2-3-10-18(14)21-19(22)15-7-4-9-17(12-15)26(23,24)20-13-16-8-5-11-25-16/h4-5,7-9,11-12,14,18,20H,2-3,6,10,13H2,1H3,(H,21,22)/t14-,18-/m0/s1. The minimum atomic E-state index is -3.66. The second-order valence-electron chi connectivity index (χ2n) is 6.77. The van der Waals surface area contributed by atoms with Crippen LogP contribution in [0.5, 0.6) is 0 Å². The first kappa shape index (κ1) is 19.1. The van der Waals surface area contributed by atoms with Crippen molar-refractivity contribution in [2.45, 2.75) is 50.1 Å². The van der Waals surface area contributed by atoms with E-state index in [9.17, 15) is 13.2 Å². The van der Waals surface area contributed by atoms with Crippen LogP contribution in [0.25, 0.3) is 0 Å². The Balaban J connectivity index is 1.69. The van der Waals surface area contributed by atoms with E-state index in [0.717, 1.165) is 24.1 Å². The van der Waals surface area contributed by atoms with E-state index in [1.807, 2.05) is 17.5 Å². The highest BCUT2D eigenvalue weighted by molar-refractivity contribution is 7.89. The Hall–Kier alpha value is -1.70. The predicted octanol–water partition coefficient (Wildman–Crippen LogP) is 3.54. The number of rotatable bonds is 6. The third kappa shape index (κ3) is 4.72. The third-order valence-electron chi connectivity index (χ3n) is 4.85. The monoisotopic (exact) mass is 392 g/mol. The number of sulfonamides is 1. The number of nitrogens with one attached hydrogen (secondary N) is 2. The third-order valence-corrected chi connectivity index (χ3v) is 7.13. The number of hydrogen-bond donors (Lipinski definition) is 2. The highest BCUT2D eigenvalue weighted by Crippen LogP contribution is 2.24. The summed E-state index contributed by atoms with van der Waals surface area (Å²) in [5.41, 5.74) is 0.377. The second kappa shape index (κ2) is 8.33. The molecule has 0 bridgehead atoms. The molecule has 0 unspecified atom stereocenters. The van der Waals surface area contributed by atoms with Gasteiger partial charge in [0, 0.05) is 23.0 Å². The Morgan fingerprint density at radius 1 is 1.19 bits per heavy atom. The van der Waals surface area contributed by atoms with E-state index in [0.29, 0.717) is 11.5 Å². The largest absolute Gasteiger partial charge is 0.349 e. The van der Waals surface area contributed by atoms with Crippen molar-refractivity contribution in [3.8, 4) is 0 Å². The molecule has 1 fully saturated rings. The summed E-state index contributed by atoms with van der Waals surface area (Å²) in [5, 5.41) is 4.97. The zero-order valence-corrected chi connectivity index (χ0v) is 16.4. The maximum absolute atomic E-state index is 12.6. The van der Waals surface area contributed by atoms with Gasteiger partial charge in [0.15, 0.2) is 0 Å². The van der Waals surface area contributed by atoms with Crippen molar-refractivity contribution in [3.05, 3.63) is 52.2 Å². The zero-order valence-electron chi connectivity index (χ0n) is 14.8. The van der Waals surface area contributed by atoms with Crippen LogP contribution in [-0.2, 0) is 16.6 Å². The molecule has 140 valence electrons. The zero-order chi connectivity index (χ0) is 18.6. The van der Waals surface area contributed by atoms with Crippen molar-refractivity contribution >= 4 is 27.3 Å². The fourth-order valence-corrected chi connectivity index (χ4v) is 5.04. The molecule has 2 aromatic rings. The number of amides is 1. The number of carbonyl (C=O) groups excluding carboxylic acids is 1. The number of carbonyl (C=O) groups is 1. The van der Waals surface area contributed by atoms with Crippen molar-refractivity contribution in [1.82, 2.24) is 10.0 Å². The maximum Gasteiger partial charge on any atom is 0.251 e. The summed E-state index contributed by atoms with van der Waals surface area (Å²) in [5.74, 6) is 0.242. The van der Waals surface area contributed by atoms with E-state index in [1.165, 1.54) is 29.9 Å². The van der Waals surface area contributed by atoms with E-state index in [4.69, 9.17) is 0 Å². The predicted molar refractivity (Wildman–Crippen MR) is 104 cm³/mol. The lowest BCUT2D eigenvalue weighted by molar-refractivity contribution is 0.0910. The van der Waals surface area contributed by atoms with E-state index < -0.39 is 10.0 Å². The molecule has 0 spiro atoms. The average molecular weight is 393 g/mol. The lowest BCUT2D eigenvalue weighted by Gasteiger charge is -2.29. The fourth-order valence-electron chi connectivity index (χ4n) is 3.25. The molecule has 1 aliphatic carbocycles. The highest BCUT2D eigenvalue weighted by Gasteiger charge is 2.24. The van der Waals surface area contributed by atoms with Crippen LogP contribution in [0.1, 0.15) is 47.8 Å². The van der Waals surface area contributed by atoms with E-state index in [2.05, 4.69) is 17.0 Å². The van der Waals surface area contributed by atoms with Gasteiger partial charge in [0.2, 0.25) is 10.0 Å². The van der Waals surface area contributed by atoms with Gasteiger partial charge in [-0.25, -0.2) is 13.1 Å². The minimum absolute atomic E-state index is 0.110. The lowest BCUT2D eigenvalue weighted by Crippen LogP contribution is -2.41. The van der Waals surface area contributed by atoms with Crippen LogP contribution < -0.4 is 10.0 Å². The summed E-state index contributed by atoms with van der Waals surface area (Å²) in [4.78, 5) is 13.6. The Bertz CT molecular complexity index is 847. The molecule has 2 atom stereocenters. The van der Waals surface area contributed by atoms with E-state index >= 15 is 0 Å². The van der Waals surface area contributed by atoms with Crippen molar-refractivity contribution in [3.63, 3.8) is 0 Å². The van der Waals surface area contributed by atoms with Crippen LogP contribution in [0.15, 0.2) is 46.7 Å². The molecule has 3 rings (SSSR count). The van der Waals surface area contributed by atoms with Gasteiger partial charge in [-0.05, 0) is 48.4 Å². The first-order valence-electron chi connectivity index (χ1n) is 8.89. The first-order chi connectivity index (χ1) is 12.5. The van der Waals surface area contributed by atoms with Gasteiger partial charge in [-0.15, -0.1) is 11.3 Å². The molecule has 5 nitrogen and oxygen atoms in total. The van der Waals surface area contributed by atoms with Crippen molar-refractivity contribution < 1.29 is 13.2 Å². The number of thiophene rings is 1. The molecule has 2 N–H and O–H groups in total. The molecule has 1 amide bonds. The van der Waals surface area contributed by atoms with Gasteiger partial charge in [0.05, 0.1) is 4.90 Å². The molecule has 26 heavy (non-hydrogen) atoms. The number of benzene rings is 1. The summed E-state index contributed by atoms with van der Waals surface area (Å²) < 4.78 is 27.6. The van der Waals surface area contributed by atoms with Gasteiger partial charge >= 0.3 is 0 Å². The topological polar surface area (TPSA) is 75.3 Å². The lowest BCUT2D eigenvalue weighted by atomic mass is 9.86. The Morgan fingerprint density at radius 3 is 2.73 bits per heavy atom. The number of hydrogen-bond acceptors (Lipinski definition) is 4. The van der Waals surface area contributed by atoms with Gasteiger partial charge < -0.3 is 5.32 Å². The average Bonchev–Trinajstić information content (AvgIpc) is 3.16. The van der Waals surface area contributed by atoms with Crippen LogP contribution >= 0.6 is 11.3 Å². The quantitative estimate of drug-likeness (QED) is 0.790. The van der Waals surface area contributed by atoms with Crippen LogP contribution in [0.3, 0.4) is 0 Å². The highest BCUT2D eigenvalue weighted by atomic mass is 32.2. The summed E-state index contributed by atoms with van der Waals surface area (Å²) >= 11 is 1.50. The van der Waals surface area contributed by atoms with Crippen molar-refractivity contribution in [2.24, 2.45) is 5.92 Å². The van der Waals surface area contributed by atoms with E-state index in [1.54, 1.807) is 12.1 Å². The van der Waals surface area contributed by atoms with Gasteiger partial charge in [-0.3, -0.25) is 4.79 Å². The molecule has 1 heterocycles. The minimum Gasteiger partial charge on any atom is -0.349 e.